The van der Waals surface area contributed by atoms with Crippen molar-refractivity contribution in [3.8, 4) is 5.75 Å². The highest BCUT2D eigenvalue weighted by atomic mass is 32.2. The smallest absolute Gasteiger partial charge is 0.410 e. The van der Waals surface area contributed by atoms with Gasteiger partial charge in [0.25, 0.3) is 0 Å². The average Bonchev–Trinajstić information content (AvgIpc) is 2.78. The SMILES string of the molecule is CSc1ccc2c(c1)OC[C@H]2N(C)C(=O)OC(C)(C)C. The zero-order chi connectivity index (χ0) is 14.9. The van der Waals surface area contributed by atoms with Crippen LogP contribution in [0.1, 0.15) is 32.4 Å². The number of amides is 1. The molecule has 4 nitrogen and oxygen atoms in total. The predicted molar refractivity (Wildman–Crippen MR) is 80.5 cm³/mol. The standard InChI is InChI=1S/C15H21NO3S/c1-15(2,3)19-14(17)16(4)12-9-18-13-8-10(20-5)6-7-11(12)13/h6-8,12H,9H2,1-5H3/t12-/m1/s1. The van der Waals surface area contributed by atoms with Crippen LogP contribution in [0, 0.1) is 0 Å². The quantitative estimate of drug-likeness (QED) is 0.780. The van der Waals surface area contributed by atoms with Gasteiger partial charge in [-0.05, 0) is 39.2 Å². The summed E-state index contributed by atoms with van der Waals surface area (Å²) in [6, 6.07) is 6.01. The molecule has 0 spiro atoms. The van der Waals surface area contributed by atoms with Crippen LogP contribution in [0.3, 0.4) is 0 Å². The van der Waals surface area contributed by atoms with E-state index in [-0.39, 0.29) is 12.1 Å². The maximum atomic E-state index is 12.1. The van der Waals surface area contributed by atoms with E-state index in [1.54, 1.807) is 23.7 Å². The summed E-state index contributed by atoms with van der Waals surface area (Å²) in [5, 5.41) is 0. The van der Waals surface area contributed by atoms with Crippen molar-refractivity contribution < 1.29 is 14.3 Å². The topological polar surface area (TPSA) is 38.8 Å². The fourth-order valence-electron chi connectivity index (χ4n) is 2.08. The second kappa shape index (κ2) is 5.56. The first-order chi connectivity index (χ1) is 9.31. The third kappa shape index (κ3) is 3.20. The maximum absolute atomic E-state index is 12.1. The van der Waals surface area contributed by atoms with Crippen molar-refractivity contribution in [1.29, 1.82) is 0 Å². The van der Waals surface area contributed by atoms with Gasteiger partial charge in [-0.1, -0.05) is 6.07 Å². The molecule has 1 amide bonds. The zero-order valence-corrected chi connectivity index (χ0v) is 13.4. The Hall–Kier alpha value is -1.36. The maximum Gasteiger partial charge on any atom is 0.410 e. The van der Waals surface area contributed by atoms with E-state index in [0.717, 1.165) is 16.2 Å². The number of likely N-dealkylation sites (N-methyl/N-ethyl adjacent to an activating group) is 1. The van der Waals surface area contributed by atoms with Gasteiger partial charge in [-0.2, -0.15) is 0 Å². The molecule has 0 bridgehead atoms. The highest BCUT2D eigenvalue weighted by Gasteiger charge is 2.32. The summed E-state index contributed by atoms with van der Waals surface area (Å²) in [6.45, 7) is 6.07. The molecule has 0 aliphatic carbocycles. The van der Waals surface area contributed by atoms with E-state index >= 15 is 0 Å². The average molecular weight is 295 g/mol. The van der Waals surface area contributed by atoms with Gasteiger partial charge in [0, 0.05) is 17.5 Å². The van der Waals surface area contributed by atoms with E-state index in [2.05, 4.69) is 0 Å². The van der Waals surface area contributed by atoms with E-state index in [4.69, 9.17) is 9.47 Å². The van der Waals surface area contributed by atoms with Crippen molar-refractivity contribution in [1.82, 2.24) is 4.90 Å². The molecule has 0 unspecified atom stereocenters. The van der Waals surface area contributed by atoms with Crippen LogP contribution in [-0.2, 0) is 4.74 Å². The molecule has 0 saturated heterocycles. The van der Waals surface area contributed by atoms with Gasteiger partial charge in [-0.15, -0.1) is 11.8 Å². The van der Waals surface area contributed by atoms with Gasteiger partial charge in [0.05, 0.1) is 6.04 Å². The molecule has 5 heteroatoms. The highest BCUT2D eigenvalue weighted by Crippen LogP contribution is 2.38. The first kappa shape index (κ1) is 15.0. The third-order valence-electron chi connectivity index (χ3n) is 3.13. The number of hydrogen-bond donors (Lipinski definition) is 0. The van der Waals surface area contributed by atoms with Crippen LogP contribution >= 0.6 is 11.8 Å². The van der Waals surface area contributed by atoms with E-state index in [9.17, 15) is 4.79 Å². The van der Waals surface area contributed by atoms with Crippen LogP contribution in [0.4, 0.5) is 4.79 Å². The molecule has 1 aliphatic rings. The Labute approximate surface area is 124 Å². The van der Waals surface area contributed by atoms with Crippen molar-refractivity contribution in [3.63, 3.8) is 0 Å². The number of hydrogen-bond acceptors (Lipinski definition) is 4. The summed E-state index contributed by atoms with van der Waals surface area (Å²) in [6.07, 6.45) is 1.70. The van der Waals surface area contributed by atoms with E-state index < -0.39 is 5.60 Å². The Bertz CT molecular complexity index is 510. The van der Waals surface area contributed by atoms with Crippen LogP contribution in [-0.4, -0.2) is 36.5 Å². The lowest BCUT2D eigenvalue weighted by Gasteiger charge is -2.28. The number of rotatable bonds is 2. The summed E-state index contributed by atoms with van der Waals surface area (Å²) in [5.41, 5.74) is 0.548. The van der Waals surface area contributed by atoms with Crippen molar-refractivity contribution in [2.24, 2.45) is 0 Å². The fourth-order valence-corrected chi connectivity index (χ4v) is 2.51. The third-order valence-corrected chi connectivity index (χ3v) is 3.85. The molecule has 1 aromatic carbocycles. The van der Waals surface area contributed by atoms with E-state index in [0.29, 0.717) is 6.61 Å². The molecule has 0 saturated carbocycles. The zero-order valence-electron chi connectivity index (χ0n) is 12.6. The number of thioether (sulfide) groups is 1. The van der Waals surface area contributed by atoms with Gasteiger partial charge in [-0.25, -0.2) is 4.79 Å². The number of fused-ring (bicyclic) bond motifs is 1. The minimum absolute atomic E-state index is 0.0873. The van der Waals surface area contributed by atoms with E-state index in [1.165, 1.54) is 0 Å². The Balaban J connectivity index is 2.15. The Kier molecular flexibility index (Phi) is 4.18. The molecule has 1 atom stereocenters. The second-order valence-corrected chi connectivity index (χ2v) is 6.70. The molecule has 2 rings (SSSR count). The molecule has 1 aromatic rings. The van der Waals surface area contributed by atoms with Crippen LogP contribution in [0.15, 0.2) is 23.1 Å². The summed E-state index contributed by atoms with van der Waals surface area (Å²) in [4.78, 5) is 14.9. The number of nitrogens with zero attached hydrogens (tertiary/aromatic N) is 1. The summed E-state index contributed by atoms with van der Waals surface area (Å²) < 4.78 is 11.1. The summed E-state index contributed by atoms with van der Waals surface area (Å²) in [5.74, 6) is 0.859. The number of carbonyl (C=O) groups excluding carboxylic acids is 1. The lowest BCUT2D eigenvalue weighted by atomic mass is 10.1. The van der Waals surface area contributed by atoms with Gasteiger partial charge < -0.3 is 14.4 Å². The molecule has 20 heavy (non-hydrogen) atoms. The highest BCUT2D eigenvalue weighted by molar-refractivity contribution is 7.98. The van der Waals surface area contributed by atoms with E-state index in [1.807, 2.05) is 45.2 Å². The van der Waals surface area contributed by atoms with Crippen LogP contribution in [0.5, 0.6) is 5.75 Å². The van der Waals surface area contributed by atoms with Crippen LogP contribution < -0.4 is 4.74 Å². The summed E-state index contributed by atoms with van der Waals surface area (Å²) >= 11 is 1.67. The largest absolute Gasteiger partial charge is 0.491 e. The Morgan fingerprint density at radius 1 is 1.45 bits per heavy atom. The second-order valence-electron chi connectivity index (χ2n) is 5.82. The molecule has 1 heterocycles. The Morgan fingerprint density at radius 2 is 2.15 bits per heavy atom. The molecular formula is C15H21NO3S. The van der Waals surface area contributed by atoms with Crippen LogP contribution in [0.2, 0.25) is 0 Å². The van der Waals surface area contributed by atoms with Crippen molar-refractivity contribution in [2.45, 2.75) is 37.3 Å². The predicted octanol–water partition coefficient (Wildman–Crippen LogP) is 3.71. The molecule has 110 valence electrons. The minimum atomic E-state index is -0.490. The molecule has 1 aliphatic heterocycles. The van der Waals surface area contributed by atoms with Gasteiger partial charge in [-0.3, -0.25) is 0 Å². The van der Waals surface area contributed by atoms with Crippen molar-refractivity contribution >= 4 is 17.9 Å². The van der Waals surface area contributed by atoms with Crippen molar-refractivity contribution in [3.05, 3.63) is 23.8 Å². The van der Waals surface area contributed by atoms with Crippen molar-refractivity contribution in [2.75, 3.05) is 19.9 Å². The van der Waals surface area contributed by atoms with Gasteiger partial charge >= 0.3 is 6.09 Å². The molecule has 0 aromatic heterocycles. The molecular weight excluding hydrogens is 274 g/mol. The van der Waals surface area contributed by atoms with Gasteiger partial charge in [0.2, 0.25) is 0 Å². The number of carbonyl (C=O) groups is 1. The molecule has 0 fully saturated rings. The first-order valence-corrected chi connectivity index (χ1v) is 7.81. The molecule has 0 N–H and O–H groups in total. The Morgan fingerprint density at radius 3 is 2.75 bits per heavy atom. The minimum Gasteiger partial charge on any atom is -0.491 e. The normalized spacial score (nSPS) is 17.4. The lowest BCUT2D eigenvalue weighted by molar-refractivity contribution is 0.0201. The lowest BCUT2D eigenvalue weighted by Crippen LogP contribution is -2.37. The number of ether oxygens (including phenoxy) is 2. The summed E-state index contributed by atoms with van der Waals surface area (Å²) in [7, 11) is 1.75. The van der Waals surface area contributed by atoms with Gasteiger partial charge in [0.15, 0.2) is 0 Å². The molecule has 0 radical (unpaired) electrons. The number of benzene rings is 1. The first-order valence-electron chi connectivity index (χ1n) is 6.58. The van der Waals surface area contributed by atoms with Crippen LogP contribution in [0.25, 0.3) is 0 Å². The monoisotopic (exact) mass is 295 g/mol. The fraction of sp³-hybridized carbons (Fsp3) is 0.533. The van der Waals surface area contributed by atoms with Gasteiger partial charge in [0.1, 0.15) is 18.0 Å².